The van der Waals surface area contributed by atoms with E-state index >= 15 is 0 Å². The summed E-state index contributed by atoms with van der Waals surface area (Å²) in [5.41, 5.74) is 5.94. The van der Waals surface area contributed by atoms with Gasteiger partial charge in [0.2, 0.25) is 18.6 Å². The number of pyridine rings is 1. The van der Waals surface area contributed by atoms with Crippen LogP contribution in [0, 0.1) is 6.92 Å². The molecule has 7 aromatic rings. The molecular formula is C62H84Cl4N8O6S. The molecule has 3 aromatic heterocycles. The van der Waals surface area contributed by atoms with Gasteiger partial charge in [-0.05, 0) is 62.2 Å². The number of halogens is 4. The molecular weight excluding hydrogens is 1130 g/mol. The average molecular weight is 1210 g/mol. The standard InChI is InChI=1S/C14H14N.C12H13N2.C9H18NO2.C9H9NO.C7H8O3S.C6H9N2.C5H14N.4ClH/c1-2-13-8-10-15(11-9-13)12-14-6-4-3-5-7-14;1-2-13-8-9-14(11-13)10-12-6-4-3-5-7-12;1-8(2)9(11)12-7-6-10(3,4)5;1-2-9(11)10-8-6-4-3-5-7-8;1-6-2-4-7(5-3-6)11(8,9)10;1-3-8-5-4-7(2)6-8;1-5-6(2,3)4;;;;/h2-11H,1,12H2;2-9,11H,1,10H2;1,6-7H2,2-5H3;2-7H,1H2,(H,10,11);2-5H,1H3,(H,8,9,10);3-6H,1H2,2H3;5H2,1-4H3;4*1H/q3*+1;;;2*+1;;;;/p-5. The number of hydrogen-bond donors (Lipinski definition) is 1. The zero-order valence-corrected chi connectivity index (χ0v) is 52.5. The van der Waals surface area contributed by atoms with Gasteiger partial charge in [0.05, 0.1) is 73.2 Å². The Labute approximate surface area is 509 Å². The molecule has 0 aliphatic heterocycles. The number of nitrogens with zero attached hydrogens (tertiary/aromatic N) is 7. The van der Waals surface area contributed by atoms with E-state index in [4.69, 9.17) is 4.74 Å². The number of benzene rings is 4. The Balaban J connectivity index is -0.000000430. The largest absolute Gasteiger partial charge is 1.00 e. The van der Waals surface area contributed by atoms with Crippen molar-refractivity contribution >= 4 is 46.2 Å². The van der Waals surface area contributed by atoms with Crippen molar-refractivity contribution in [3.63, 3.8) is 0 Å². The number of carbonyl (C=O) groups excluding carboxylic acids is 2. The predicted octanol–water partition coefficient (Wildman–Crippen LogP) is -2.75. The second-order valence-electron chi connectivity index (χ2n) is 19.3. The second-order valence-corrected chi connectivity index (χ2v) is 20.6. The number of rotatable bonds is 15. The summed E-state index contributed by atoms with van der Waals surface area (Å²) < 4.78 is 48.0. The fraction of sp³-hybridized carbons (Fsp3) is 0.242. The Kier molecular flexibility index (Phi) is 43.6. The number of hydrogen-bond acceptors (Lipinski definition) is 6. The highest BCUT2D eigenvalue weighted by Crippen LogP contribution is 2.09. The smallest absolute Gasteiger partial charge is 0.333 e. The van der Waals surface area contributed by atoms with Gasteiger partial charge < -0.3 is 73.2 Å². The van der Waals surface area contributed by atoms with E-state index in [9.17, 15) is 22.6 Å². The van der Waals surface area contributed by atoms with E-state index in [2.05, 4.69) is 170 Å². The average Bonchev–Trinajstić information content (AvgIpc) is 4.06. The maximum atomic E-state index is 10.9. The minimum Gasteiger partial charge on any atom is -1.00 e. The van der Waals surface area contributed by atoms with Gasteiger partial charge in [-0.15, -0.1) is 0 Å². The Morgan fingerprint density at radius 2 is 1.10 bits per heavy atom. The lowest BCUT2D eigenvalue weighted by atomic mass is 10.2. The minimum atomic E-state index is -4.27. The Bertz CT molecular complexity index is 2950. The van der Waals surface area contributed by atoms with Crippen LogP contribution in [0.3, 0.4) is 0 Å². The number of amides is 1. The number of anilines is 1. The Morgan fingerprint density at radius 3 is 1.46 bits per heavy atom. The third-order valence-electron chi connectivity index (χ3n) is 10.3. The Hall–Kier alpha value is -6.92. The van der Waals surface area contributed by atoms with Crippen LogP contribution < -0.4 is 68.6 Å². The summed E-state index contributed by atoms with van der Waals surface area (Å²) in [6.45, 7) is 27.8. The maximum Gasteiger partial charge on any atom is 0.333 e. The molecule has 0 saturated heterocycles. The van der Waals surface area contributed by atoms with E-state index in [1.54, 1.807) is 31.5 Å². The van der Waals surface area contributed by atoms with Crippen LogP contribution in [0.4, 0.5) is 5.69 Å². The molecule has 0 aliphatic carbocycles. The van der Waals surface area contributed by atoms with E-state index in [-0.39, 0.29) is 66.4 Å². The molecule has 0 spiro atoms. The third-order valence-corrected chi connectivity index (χ3v) is 11.2. The highest BCUT2D eigenvalue weighted by molar-refractivity contribution is 7.85. The molecule has 0 radical (unpaired) electrons. The molecule has 4 aromatic carbocycles. The van der Waals surface area contributed by atoms with Gasteiger partial charge in [-0.2, -0.15) is 0 Å². The van der Waals surface area contributed by atoms with E-state index in [1.807, 2.05) is 114 Å². The van der Waals surface area contributed by atoms with Gasteiger partial charge in [-0.25, -0.2) is 36.0 Å². The number of nitrogens with one attached hydrogen (secondary N) is 1. The highest BCUT2D eigenvalue weighted by atomic mass is 35.5. The monoisotopic (exact) mass is 1210 g/mol. The summed E-state index contributed by atoms with van der Waals surface area (Å²) in [7, 11) is 10.4. The van der Waals surface area contributed by atoms with Gasteiger partial charge >= 0.3 is 5.97 Å². The first-order chi connectivity index (χ1) is 36.3. The molecule has 7 rings (SSSR count). The number of quaternary nitrogens is 2. The van der Waals surface area contributed by atoms with Crippen LogP contribution in [-0.4, -0.2) is 105 Å². The van der Waals surface area contributed by atoms with Crippen molar-refractivity contribution in [1.82, 2.24) is 9.13 Å². The number of carbonyl (C=O) groups is 2. The van der Waals surface area contributed by atoms with Crippen LogP contribution in [0.5, 0.6) is 0 Å². The molecule has 14 nitrogen and oxygen atoms in total. The highest BCUT2D eigenvalue weighted by Gasteiger charge is 2.09. The number of imidazole rings is 2. The van der Waals surface area contributed by atoms with Gasteiger partial charge in [0.25, 0.3) is 0 Å². The van der Waals surface area contributed by atoms with Crippen molar-refractivity contribution in [3.05, 3.63) is 244 Å². The van der Waals surface area contributed by atoms with Crippen molar-refractivity contribution in [2.24, 2.45) is 7.05 Å². The maximum absolute atomic E-state index is 10.9. The van der Waals surface area contributed by atoms with Crippen LogP contribution in [0.15, 0.2) is 227 Å². The van der Waals surface area contributed by atoms with Crippen LogP contribution in [-0.2, 0) is 44.6 Å². The molecule has 81 heavy (non-hydrogen) atoms. The van der Waals surface area contributed by atoms with Crippen molar-refractivity contribution in [2.75, 3.05) is 67.3 Å². The molecule has 0 saturated carbocycles. The predicted molar refractivity (Wildman–Crippen MR) is 312 cm³/mol. The number of para-hydroxylation sites is 1. The first kappa shape index (κ1) is 80.6. The normalized spacial score (nSPS) is 9.72. The summed E-state index contributed by atoms with van der Waals surface area (Å²) in [6, 6.07) is 40.0. The lowest BCUT2D eigenvalue weighted by Crippen LogP contribution is -3.00. The number of aromatic nitrogens is 5. The molecule has 3 heterocycles. The second kappa shape index (κ2) is 43.8. The van der Waals surface area contributed by atoms with Gasteiger partial charge in [-0.3, -0.25) is 4.79 Å². The number of esters is 1. The van der Waals surface area contributed by atoms with Crippen molar-refractivity contribution < 1.29 is 99.6 Å². The van der Waals surface area contributed by atoms with Gasteiger partial charge in [-0.1, -0.05) is 136 Å². The number of ether oxygens (including phenoxy) is 1. The van der Waals surface area contributed by atoms with Crippen LogP contribution >= 0.6 is 0 Å². The van der Waals surface area contributed by atoms with Crippen LogP contribution in [0.1, 0.15) is 36.1 Å². The molecule has 0 bridgehead atoms. The van der Waals surface area contributed by atoms with Gasteiger partial charge in [0.1, 0.15) is 54.6 Å². The molecule has 19 heteroatoms. The zero-order valence-electron chi connectivity index (χ0n) is 48.6. The summed E-state index contributed by atoms with van der Waals surface area (Å²) in [4.78, 5) is 21.5. The van der Waals surface area contributed by atoms with E-state index in [0.29, 0.717) is 12.2 Å². The molecule has 0 fully saturated rings. The SMILES string of the molecule is C=C(C)C(=O)OCC[N+](C)(C)C.C=CC(=O)Nc1ccccc1.C=Cc1cc[n+](Cc2ccccc2)cc1.C=Cn1cc[n+](C)c1.C=Cn1cc[n+](Cc2ccccc2)c1.CC[N+](C)(C)C.Cc1ccc(S(=O)(=O)[O-])cc1.[Cl-].[Cl-].[Cl-].[Cl-]. The molecule has 1 N–H and O–H groups in total. The molecule has 0 aliphatic rings. The quantitative estimate of drug-likeness (QED) is 0.0390. The van der Waals surface area contributed by atoms with Crippen molar-refractivity contribution in [2.45, 2.75) is 38.8 Å². The van der Waals surface area contributed by atoms with E-state index < -0.39 is 10.1 Å². The first-order valence-electron chi connectivity index (χ1n) is 24.8. The lowest BCUT2D eigenvalue weighted by molar-refractivity contribution is -0.870. The Morgan fingerprint density at radius 1 is 0.654 bits per heavy atom. The van der Waals surface area contributed by atoms with Crippen LogP contribution in [0.25, 0.3) is 18.5 Å². The fourth-order valence-electron chi connectivity index (χ4n) is 5.44. The van der Waals surface area contributed by atoms with E-state index in [1.165, 1.54) is 35.9 Å². The molecule has 442 valence electrons. The topological polar surface area (TPSA) is 134 Å². The van der Waals surface area contributed by atoms with Crippen LogP contribution in [0.2, 0.25) is 0 Å². The molecule has 0 atom stereocenters. The van der Waals surface area contributed by atoms with Crippen molar-refractivity contribution in [3.8, 4) is 0 Å². The molecule has 0 unspecified atom stereocenters. The summed E-state index contributed by atoms with van der Waals surface area (Å²) in [5, 5.41) is 2.63. The number of aryl methyl sites for hydroxylation is 2. The molecule has 1 amide bonds. The third kappa shape index (κ3) is 40.8. The van der Waals surface area contributed by atoms with Gasteiger partial charge in [0, 0.05) is 29.0 Å². The lowest BCUT2D eigenvalue weighted by Gasteiger charge is -2.23. The number of likely N-dealkylation sites (N-methyl/N-ethyl adjacent to an activating group) is 1. The fourth-order valence-corrected chi connectivity index (χ4v) is 5.91. The minimum absolute atomic E-state index is 0. The summed E-state index contributed by atoms with van der Waals surface area (Å²) >= 11 is 0. The summed E-state index contributed by atoms with van der Waals surface area (Å²) in [5.74, 6) is -0.486. The summed E-state index contributed by atoms with van der Waals surface area (Å²) in [6.07, 6.45) is 22.6. The first-order valence-corrected chi connectivity index (χ1v) is 26.2. The zero-order chi connectivity index (χ0) is 57.9. The van der Waals surface area contributed by atoms with Crippen molar-refractivity contribution in [1.29, 1.82) is 0 Å². The van der Waals surface area contributed by atoms with E-state index in [0.717, 1.165) is 45.4 Å². The van der Waals surface area contributed by atoms with Gasteiger partial charge in [0.15, 0.2) is 18.9 Å².